The van der Waals surface area contributed by atoms with Gasteiger partial charge in [0.25, 0.3) is 0 Å². The molecule has 0 saturated carbocycles. The average Bonchev–Trinajstić information content (AvgIpc) is 2.74. The van der Waals surface area contributed by atoms with Crippen molar-refractivity contribution in [2.24, 2.45) is 0 Å². The van der Waals surface area contributed by atoms with Crippen LogP contribution in [-0.2, 0) is 12.7 Å². The van der Waals surface area contributed by atoms with Gasteiger partial charge < -0.3 is 5.32 Å². The third-order valence-corrected chi connectivity index (χ3v) is 3.44. The molecule has 0 radical (unpaired) electrons. The van der Waals surface area contributed by atoms with Crippen molar-refractivity contribution in [3.63, 3.8) is 0 Å². The fourth-order valence-electron chi connectivity index (χ4n) is 1.22. The molecule has 0 unspecified atom stereocenters. The van der Waals surface area contributed by atoms with Crippen LogP contribution in [0.5, 0.6) is 0 Å². The lowest BCUT2D eigenvalue weighted by Crippen LogP contribution is -2.03. The fraction of sp³-hybridized carbons (Fsp3) is 0.200. The number of hydrogen-bond donors (Lipinski definition) is 1. The van der Waals surface area contributed by atoms with Gasteiger partial charge in [0.2, 0.25) is 0 Å². The second-order valence-electron chi connectivity index (χ2n) is 3.37. The zero-order valence-corrected chi connectivity index (χ0v) is 11.2. The number of hydrogen-bond acceptors (Lipinski definition) is 4. The molecule has 0 fully saturated rings. The molecule has 96 valence electrons. The number of nitrogens with zero attached hydrogens (tertiary/aromatic N) is 2. The Kier molecular flexibility index (Phi) is 3.86. The van der Waals surface area contributed by atoms with E-state index in [1.165, 1.54) is 6.20 Å². The van der Waals surface area contributed by atoms with Gasteiger partial charge in [-0.15, -0.1) is 11.3 Å². The minimum Gasteiger partial charge on any atom is -0.379 e. The Hall–Kier alpha value is -1.15. The van der Waals surface area contributed by atoms with Gasteiger partial charge in [0.1, 0.15) is 0 Å². The van der Waals surface area contributed by atoms with Crippen LogP contribution in [0, 0.1) is 0 Å². The summed E-state index contributed by atoms with van der Waals surface area (Å²) in [5.41, 5.74) is 0.728. The normalized spacial score (nSPS) is 11.6. The summed E-state index contributed by atoms with van der Waals surface area (Å²) in [5, 5.41) is 2.15. The molecule has 1 N–H and O–H groups in total. The maximum atomic E-state index is 12.3. The fourth-order valence-corrected chi connectivity index (χ4v) is 2.30. The Morgan fingerprint density at radius 2 is 2.06 bits per heavy atom. The van der Waals surface area contributed by atoms with Gasteiger partial charge in [-0.3, -0.25) is 4.98 Å². The molecule has 2 heterocycles. The van der Waals surface area contributed by atoms with Crippen LogP contribution in [-0.4, -0.2) is 9.97 Å². The number of alkyl halides is 3. The molecule has 3 nitrogen and oxygen atoms in total. The Bertz CT molecular complexity index is 541. The van der Waals surface area contributed by atoms with Gasteiger partial charge in [-0.25, -0.2) is 4.98 Å². The number of thiazole rings is 1. The third-order valence-electron chi connectivity index (χ3n) is 1.97. The molecule has 0 aliphatic rings. The van der Waals surface area contributed by atoms with E-state index in [-0.39, 0.29) is 6.54 Å². The molecular weight excluding hydrogens is 331 g/mol. The molecule has 0 spiro atoms. The predicted molar refractivity (Wildman–Crippen MR) is 66.4 cm³/mol. The molecular formula is C10H7BrF3N3S. The molecule has 8 heteroatoms. The van der Waals surface area contributed by atoms with Gasteiger partial charge >= 0.3 is 6.18 Å². The summed E-state index contributed by atoms with van der Waals surface area (Å²) in [6.45, 7) is 0.284. The first kappa shape index (κ1) is 13.3. The van der Waals surface area contributed by atoms with Crippen LogP contribution < -0.4 is 5.32 Å². The van der Waals surface area contributed by atoms with Crippen molar-refractivity contribution >= 4 is 33.0 Å². The molecule has 18 heavy (non-hydrogen) atoms. The molecule has 0 aliphatic carbocycles. The maximum Gasteiger partial charge on any atom is 0.443 e. The van der Waals surface area contributed by atoms with Crippen molar-refractivity contribution in [1.29, 1.82) is 0 Å². The van der Waals surface area contributed by atoms with Crippen LogP contribution in [0.15, 0.2) is 29.1 Å². The lowest BCUT2D eigenvalue weighted by molar-refractivity contribution is -0.137. The van der Waals surface area contributed by atoms with E-state index in [0.717, 1.165) is 10.2 Å². The minimum absolute atomic E-state index is 0.284. The minimum atomic E-state index is -4.37. The molecule has 2 aromatic rings. The van der Waals surface area contributed by atoms with E-state index in [0.29, 0.717) is 16.2 Å². The summed E-state index contributed by atoms with van der Waals surface area (Å²) in [5.74, 6) is 0. The van der Waals surface area contributed by atoms with Crippen LogP contribution in [0.1, 0.15) is 9.88 Å². The molecule has 2 rings (SSSR count). The molecule has 0 atom stereocenters. The van der Waals surface area contributed by atoms with Gasteiger partial charge in [0.05, 0.1) is 18.4 Å². The van der Waals surface area contributed by atoms with E-state index in [1.54, 1.807) is 18.5 Å². The van der Waals surface area contributed by atoms with Crippen LogP contribution in [0.2, 0.25) is 0 Å². The van der Waals surface area contributed by atoms with Crippen LogP contribution >= 0.6 is 27.3 Å². The number of aromatic nitrogens is 2. The Morgan fingerprint density at radius 3 is 2.67 bits per heavy atom. The van der Waals surface area contributed by atoms with E-state index in [2.05, 4.69) is 31.2 Å². The Balaban J connectivity index is 2.01. The highest BCUT2D eigenvalue weighted by Gasteiger charge is 2.34. The van der Waals surface area contributed by atoms with E-state index in [1.807, 2.05) is 0 Å². The van der Waals surface area contributed by atoms with Gasteiger partial charge in [-0.05, 0) is 22.0 Å². The molecule has 0 saturated heterocycles. The van der Waals surface area contributed by atoms with Crippen LogP contribution in [0.3, 0.4) is 0 Å². The van der Waals surface area contributed by atoms with Crippen molar-refractivity contribution in [3.05, 3.63) is 39.0 Å². The number of anilines is 1. The summed E-state index contributed by atoms with van der Waals surface area (Å²) in [6.07, 6.45) is 0.0717. The standard InChI is InChI=1S/C10H7BrF3N3S/c11-6-1-7(3-15-2-6)16-4-8-5-17-9(18-8)10(12,13)14/h1-3,5,16H,4H2. The second kappa shape index (κ2) is 5.23. The molecule has 0 aliphatic heterocycles. The maximum absolute atomic E-state index is 12.3. The first-order valence-electron chi connectivity index (χ1n) is 4.81. The second-order valence-corrected chi connectivity index (χ2v) is 5.41. The van der Waals surface area contributed by atoms with E-state index in [9.17, 15) is 13.2 Å². The SMILES string of the molecule is FC(F)(F)c1ncc(CNc2cncc(Br)c2)s1. The van der Waals surface area contributed by atoms with Crippen molar-refractivity contribution in [1.82, 2.24) is 9.97 Å². The zero-order valence-electron chi connectivity index (χ0n) is 8.83. The summed E-state index contributed by atoms with van der Waals surface area (Å²) in [6, 6.07) is 1.79. The highest BCUT2D eigenvalue weighted by atomic mass is 79.9. The topological polar surface area (TPSA) is 37.8 Å². The van der Waals surface area contributed by atoms with Crippen molar-refractivity contribution in [3.8, 4) is 0 Å². The Labute approximate surface area is 113 Å². The number of rotatable bonds is 3. The molecule has 2 aromatic heterocycles. The summed E-state index contributed by atoms with van der Waals surface area (Å²) in [7, 11) is 0. The van der Waals surface area contributed by atoms with E-state index in [4.69, 9.17) is 0 Å². The largest absolute Gasteiger partial charge is 0.443 e. The smallest absolute Gasteiger partial charge is 0.379 e. The van der Waals surface area contributed by atoms with E-state index < -0.39 is 11.2 Å². The number of nitrogens with one attached hydrogen (secondary N) is 1. The number of pyridine rings is 1. The highest BCUT2D eigenvalue weighted by molar-refractivity contribution is 9.10. The van der Waals surface area contributed by atoms with Crippen molar-refractivity contribution < 1.29 is 13.2 Å². The van der Waals surface area contributed by atoms with Gasteiger partial charge in [-0.1, -0.05) is 0 Å². The average molecular weight is 338 g/mol. The highest BCUT2D eigenvalue weighted by Crippen LogP contribution is 2.32. The molecule has 0 amide bonds. The zero-order chi connectivity index (χ0) is 13.2. The lowest BCUT2D eigenvalue weighted by Gasteiger charge is -2.04. The lowest BCUT2D eigenvalue weighted by atomic mass is 10.4. The van der Waals surface area contributed by atoms with Crippen molar-refractivity contribution in [2.75, 3.05) is 5.32 Å². The Morgan fingerprint density at radius 1 is 1.28 bits per heavy atom. The van der Waals surface area contributed by atoms with Crippen molar-refractivity contribution in [2.45, 2.75) is 12.7 Å². The van der Waals surface area contributed by atoms with Crippen LogP contribution in [0.4, 0.5) is 18.9 Å². The summed E-state index contributed by atoms with van der Waals surface area (Å²) in [4.78, 5) is 7.80. The first-order chi connectivity index (χ1) is 8.45. The van der Waals surface area contributed by atoms with E-state index >= 15 is 0 Å². The quantitative estimate of drug-likeness (QED) is 0.921. The summed E-state index contributed by atoms with van der Waals surface area (Å²) < 4.78 is 37.8. The molecule has 0 bridgehead atoms. The van der Waals surface area contributed by atoms with Gasteiger partial charge in [-0.2, -0.15) is 13.2 Å². The van der Waals surface area contributed by atoms with Gasteiger partial charge in [0, 0.05) is 21.7 Å². The number of halogens is 4. The summed E-state index contributed by atoms with van der Waals surface area (Å²) >= 11 is 3.89. The first-order valence-corrected chi connectivity index (χ1v) is 6.42. The predicted octanol–water partition coefficient (Wildman–Crippen LogP) is 3.93. The van der Waals surface area contributed by atoms with Gasteiger partial charge in [0.15, 0.2) is 5.01 Å². The monoisotopic (exact) mass is 337 g/mol. The molecule has 0 aromatic carbocycles. The third kappa shape index (κ3) is 3.42. The van der Waals surface area contributed by atoms with Crippen LogP contribution in [0.25, 0.3) is 0 Å².